The number of halogens is 1. The smallest absolute Gasteiger partial charge is 0.319 e. The quantitative estimate of drug-likeness (QED) is 0.831. The van der Waals surface area contributed by atoms with Crippen LogP contribution in [0, 0.1) is 5.82 Å². The molecule has 2 rings (SSSR count). The first-order valence-electron chi connectivity index (χ1n) is 5.93. The molecule has 3 nitrogen and oxygen atoms in total. The van der Waals surface area contributed by atoms with Gasteiger partial charge in [0.25, 0.3) is 0 Å². The van der Waals surface area contributed by atoms with Crippen LogP contribution < -0.4 is 10.6 Å². The maximum atomic E-state index is 13.5. The van der Waals surface area contributed by atoms with Crippen LogP contribution in [-0.4, -0.2) is 12.1 Å². The summed E-state index contributed by atoms with van der Waals surface area (Å²) in [5.74, 6) is -0.0945. The molecule has 1 fully saturated rings. The maximum absolute atomic E-state index is 13.5. The minimum Gasteiger partial charge on any atom is -0.335 e. The van der Waals surface area contributed by atoms with Gasteiger partial charge in [0.05, 0.1) is 5.69 Å². The molecule has 1 aliphatic carbocycles. The standard InChI is InChI=1S/C13H17FN2O/c1-8(2)9-3-6-11(14)12(7-9)16-13(17)15-10-4-5-10/h3,6-8,10H,4-5H2,1-2H3,(H2,15,16,17). The van der Waals surface area contributed by atoms with E-state index in [0.717, 1.165) is 18.4 Å². The van der Waals surface area contributed by atoms with Gasteiger partial charge in [-0.2, -0.15) is 0 Å². The van der Waals surface area contributed by atoms with Gasteiger partial charge in [0.1, 0.15) is 5.82 Å². The molecule has 0 unspecified atom stereocenters. The van der Waals surface area contributed by atoms with Gasteiger partial charge in [0.2, 0.25) is 0 Å². The molecule has 0 bridgehead atoms. The third-order valence-electron chi connectivity index (χ3n) is 2.82. The van der Waals surface area contributed by atoms with Gasteiger partial charge in [-0.25, -0.2) is 9.18 Å². The number of rotatable bonds is 3. The van der Waals surface area contributed by atoms with Crippen LogP contribution in [0.2, 0.25) is 0 Å². The van der Waals surface area contributed by atoms with Gasteiger partial charge >= 0.3 is 6.03 Å². The minimum atomic E-state index is -0.402. The number of urea groups is 1. The molecule has 1 saturated carbocycles. The van der Waals surface area contributed by atoms with Crippen molar-refractivity contribution in [1.82, 2.24) is 5.32 Å². The number of carbonyl (C=O) groups is 1. The largest absolute Gasteiger partial charge is 0.335 e. The first-order chi connectivity index (χ1) is 8.06. The van der Waals surface area contributed by atoms with Crippen LogP contribution in [0.3, 0.4) is 0 Å². The molecule has 2 amide bonds. The molecule has 0 aromatic heterocycles. The summed E-state index contributed by atoms with van der Waals surface area (Å²) < 4.78 is 13.5. The normalized spacial score (nSPS) is 14.8. The number of hydrogen-bond donors (Lipinski definition) is 2. The number of anilines is 1. The molecule has 1 aliphatic rings. The van der Waals surface area contributed by atoms with Crippen LogP contribution in [0.4, 0.5) is 14.9 Å². The predicted molar refractivity (Wildman–Crippen MR) is 65.7 cm³/mol. The Morgan fingerprint density at radius 2 is 2.12 bits per heavy atom. The summed E-state index contributed by atoms with van der Waals surface area (Å²) in [7, 11) is 0. The Kier molecular flexibility index (Phi) is 3.31. The summed E-state index contributed by atoms with van der Waals surface area (Å²) in [5.41, 5.74) is 1.25. The number of amides is 2. The van der Waals surface area contributed by atoms with Crippen LogP contribution in [0.1, 0.15) is 38.2 Å². The second-order valence-corrected chi connectivity index (χ2v) is 4.77. The van der Waals surface area contributed by atoms with Crippen molar-refractivity contribution in [2.24, 2.45) is 0 Å². The Labute approximate surface area is 100 Å². The number of carbonyl (C=O) groups excluding carboxylic acids is 1. The molecule has 2 N–H and O–H groups in total. The highest BCUT2D eigenvalue weighted by molar-refractivity contribution is 5.89. The fourth-order valence-electron chi connectivity index (χ4n) is 1.57. The summed E-state index contributed by atoms with van der Waals surface area (Å²) in [5, 5.41) is 5.31. The van der Waals surface area contributed by atoms with Crippen molar-refractivity contribution in [3.8, 4) is 0 Å². The molecule has 0 saturated heterocycles. The molecule has 0 radical (unpaired) electrons. The number of nitrogens with one attached hydrogen (secondary N) is 2. The lowest BCUT2D eigenvalue weighted by molar-refractivity contribution is 0.251. The van der Waals surface area contributed by atoms with Gasteiger partial charge in [-0.15, -0.1) is 0 Å². The van der Waals surface area contributed by atoms with Gasteiger partial charge in [-0.1, -0.05) is 19.9 Å². The average molecular weight is 236 g/mol. The van der Waals surface area contributed by atoms with Gasteiger partial charge < -0.3 is 10.6 Å². The molecule has 17 heavy (non-hydrogen) atoms. The maximum Gasteiger partial charge on any atom is 0.319 e. The zero-order chi connectivity index (χ0) is 12.4. The Morgan fingerprint density at radius 1 is 1.41 bits per heavy atom. The van der Waals surface area contributed by atoms with Gasteiger partial charge in [-0.05, 0) is 36.5 Å². The molecule has 1 aromatic carbocycles. The topological polar surface area (TPSA) is 41.1 Å². The van der Waals surface area contributed by atoms with E-state index in [1.807, 2.05) is 13.8 Å². The van der Waals surface area contributed by atoms with E-state index in [9.17, 15) is 9.18 Å². The number of hydrogen-bond acceptors (Lipinski definition) is 1. The van der Waals surface area contributed by atoms with E-state index in [4.69, 9.17) is 0 Å². The van der Waals surface area contributed by atoms with E-state index in [0.29, 0.717) is 5.92 Å². The SMILES string of the molecule is CC(C)c1ccc(F)c(NC(=O)NC2CC2)c1. The molecule has 92 valence electrons. The fraction of sp³-hybridized carbons (Fsp3) is 0.462. The van der Waals surface area contributed by atoms with Crippen molar-refractivity contribution in [1.29, 1.82) is 0 Å². The summed E-state index contributed by atoms with van der Waals surface area (Å²) in [6, 6.07) is 4.76. The highest BCUT2D eigenvalue weighted by atomic mass is 19.1. The molecule has 0 heterocycles. The van der Waals surface area contributed by atoms with E-state index in [2.05, 4.69) is 10.6 Å². The van der Waals surface area contributed by atoms with Gasteiger partial charge in [0.15, 0.2) is 0 Å². The second kappa shape index (κ2) is 4.73. The Morgan fingerprint density at radius 3 is 2.71 bits per heavy atom. The fourth-order valence-corrected chi connectivity index (χ4v) is 1.57. The van der Waals surface area contributed by atoms with E-state index >= 15 is 0 Å². The van der Waals surface area contributed by atoms with Crippen LogP contribution in [0.25, 0.3) is 0 Å². The number of benzene rings is 1. The van der Waals surface area contributed by atoms with Crippen molar-refractivity contribution in [2.45, 2.75) is 38.6 Å². The molecule has 0 aliphatic heterocycles. The van der Waals surface area contributed by atoms with Crippen LogP contribution in [0.5, 0.6) is 0 Å². The van der Waals surface area contributed by atoms with E-state index in [1.54, 1.807) is 12.1 Å². The zero-order valence-electron chi connectivity index (χ0n) is 10.1. The van der Waals surface area contributed by atoms with Crippen LogP contribution in [-0.2, 0) is 0 Å². The molecule has 1 aromatic rings. The highest BCUT2D eigenvalue weighted by Gasteiger charge is 2.23. The van der Waals surface area contributed by atoms with Crippen molar-refractivity contribution in [2.75, 3.05) is 5.32 Å². The minimum absolute atomic E-state index is 0.245. The lowest BCUT2D eigenvalue weighted by Gasteiger charge is -2.11. The molecule has 0 spiro atoms. The summed E-state index contributed by atoms with van der Waals surface area (Å²) >= 11 is 0. The van der Waals surface area contributed by atoms with Crippen molar-refractivity contribution >= 4 is 11.7 Å². The predicted octanol–water partition coefficient (Wildman–Crippen LogP) is 3.23. The molecular weight excluding hydrogens is 219 g/mol. The van der Waals surface area contributed by atoms with Gasteiger partial charge in [-0.3, -0.25) is 0 Å². The zero-order valence-corrected chi connectivity index (χ0v) is 10.1. The van der Waals surface area contributed by atoms with E-state index in [1.165, 1.54) is 6.07 Å². The summed E-state index contributed by atoms with van der Waals surface area (Å²) in [6.45, 7) is 4.06. The second-order valence-electron chi connectivity index (χ2n) is 4.77. The molecule has 4 heteroatoms. The monoisotopic (exact) mass is 236 g/mol. The summed E-state index contributed by atoms with van der Waals surface area (Å²) in [6.07, 6.45) is 2.03. The van der Waals surface area contributed by atoms with Crippen LogP contribution in [0.15, 0.2) is 18.2 Å². The third kappa shape index (κ3) is 3.19. The Bertz CT molecular complexity index is 427. The molecule has 0 atom stereocenters. The third-order valence-corrected chi connectivity index (χ3v) is 2.82. The highest BCUT2D eigenvalue weighted by Crippen LogP contribution is 2.22. The lowest BCUT2D eigenvalue weighted by atomic mass is 10.0. The van der Waals surface area contributed by atoms with E-state index in [-0.39, 0.29) is 17.8 Å². The van der Waals surface area contributed by atoms with Crippen LogP contribution >= 0.6 is 0 Å². The van der Waals surface area contributed by atoms with Crippen molar-refractivity contribution < 1.29 is 9.18 Å². The van der Waals surface area contributed by atoms with Gasteiger partial charge in [0, 0.05) is 6.04 Å². The van der Waals surface area contributed by atoms with Crippen molar-refractivity contribution in [3.05, 3.63) is 29.6 Å². The average Bonchev–Trinajstić information content (AvgIpc) is 3.04. The first kappa shape index (κ1) is 11.9. The lowest BCUT2D eigenvalue weighted by Crippen LogP contribution is -2.30. The first-order valence-corrected chi connectivity index (χ1v) is 5.93. The molecular formula is C13H17FN2O. The van der Waals surface area contributed by atoms with E-state index < -0.39 is 5.82 Å². The van der Waals surface area contributed by atoms with Crippen molar-refractivity contribution in [3.63, 3.8) is 0 Å². The summed E-state index contributed by atoms with van der Waals surface area (Å²) in [4.78, 5) is 11.5. The Hall–Kier alpha value is -1.58. The Balaban J connectivity index is 2.07.